The number of amides is 1. The lowest BCUT2D eigenvalue weighted by Gasteiger charge is -2.15. The average Bonchev–Trinajstić information content (AvgIpc) is 2.99. The van der Waals surface area contributed by atoms with Crippen LogP contribution in [0.15, 0.2) is 23.8 Å². The lowest BCUT2D eigenvalue weighted by atomic mass is 10.2. The second kappa shape index (κ2) is 5.28. The van der Waals surface area contributed by atoms with E-state index < -0.39 is 0 Å². The number of nitrogens with zero attached hydrogens (tertiary/aromatic N) is 2. The molecule has 0 aliphatic heterocycles. The number of nitrogens with one attached hydrogen (secondary N) is 1. The SMILES string of the molecule is CCC(NC(=O)c1cc(N)cn1C1CC1)c1nccs1. The third-order valence-corrected chi connectivity index (χ3v) is 4.39. The van der Waals surface area contributed by atoms with E-state index in [1.807, 2.05) is 23.1 Å². The number of thiazole rings is 1. The molecule has 3 rings (SSSR count). The van der Waals surface area contributed by atoms with Crippen LogP contribution in [0.4, 0.5) is 5.69 Å². The first-order chi connectivity index (χ1) is 9.69. The molecule has 20 heavy (non-hydrogen) atoms. The van der Waals surface area contributed by atoms with E-state index in [9.17, 15) is 4.79 Å². The Hall–Kier alpha value is -1.82. The molecule has 0 bridgehead atoms. The molecule has 1 aliphatic rings. The van der Waals surface area contributed by atoms with Gasteiger partial charge in [0.05, 0.1) is 11.7 Å². The summed E-state index contributed by atoms with van der Waals surface area (Å²) in [4.78, 5) is 16.7. The van der Waals surface area contributed by atoms with Gasteiger partial charge in [-0.15, -0.1) is 11.3 Å². The molecule has 1 aliphatic carbocycles. The van der Waals surface area contributed by atoms with E-state index in [1.54, 1.807) is 23.6 Å². The van der Waals surface area contributed by atoms with Crippen LogP contribution < -0.4 is 11.1 Å². The number of nitrogen functional groups attached to an aromatic ring is 1. The highest BCUT2D eigenvalue weighted by molar-refractivity contribution is 7.09. The van der Waals surface area contributed by atoms with Crippen molar-refractivity contribution in [1.29, 1.82) is 0 Å². The molecule has 0 spiro atoms. The van der Waals surface area contributed by atoms with E-state index in [4.69, 9.17) is 5.73 Å². The van der Waals surface area contributed by atoms with Gasteiger partial charge in [-0.25, -0.2) is 4.98 Å². The van der Waals surface area contributed by atoms with Gasteiger partial charge in [0.2, 0.25) is 0 Å². The summed E-state index contributed by atoms with van der Waals surface area (Å²) >= 11 is 1.56. The van der Waals surface area contributed by atoms with Crippen molar-refractivity contribution in [2.75, 3.05) is 5.73 Å². The number of aromatic nitrogens is 2. The summed E-state index contributed by atoms with van der Waals surface area (Å²) in [5.41, 5.74) is 7.13. The molecule has 1 atom stereocenters. The highest BCUT2D eigenvalue weighted by Crippen LogP contribution is 2.37. The molecule has 3 N–H and O–H groups in total. The Labute approximate surface area is 121 Å². The third-order valence-electron chi connectivity index (χ3n) is 3.51. The van der Waals surface area contributed by atoms with Gasteiger partial charge in [0.1, 0.15) is 10.7 Å². The quantitative estimate of drug-likeness (QED) is 0.889. The number of hydrogen-bond acceptors (Lipinski definition) is 4. The van der Waals surface area contributed by atoms with Crippen LogP contribution in [0.25, 0.3) is 0 Å². The Bertz CT molecular complexity index is 601. The minimum Gasteiger partial charge on any atom is -0.397 e. The van der Waals surface area contributed by atoms with Crippen molar-refractivity contribution in [3.05, 3.63) is 34.5 Å². The number of nitrogens with two attached hydrogens (primary N) is 1. The number of carbonyl (C=O) groups is 1. The smallest absolute Gasteiger partial charge is 0.268 e. The lowest BCUT2D eigenvalue weighted by molar-refractivity contribution is 0.0926. The van der Waals surface area contributed by atoms with Gasteiger partial charge in [-0.05, 0) is 25.3 Å². The summed E-state index contributed by atoms with van der Waals surface area (Å²) in [5, 5.41) is 5.92. The van der Waals surface area contributed by atoms with Crippen LogP contribution in [0.5, 0.6) is 0 Å². The highest BCUT2D eigenvalue weighted by Gasteiger charge is 2.28. The van der Waals surface area contributed by atoms with Gasteiger partial charge in [0, 0.05) is 23.8 Å². The molecule has 1 saturated carbocycles. The van der Waals surface area contributed by atoms with Crippen LogP contribution >= 0.6 is 11.3 Å². The first-order valence-corrected chi connectivity index (χ1v) is 7.74. The first kappa shape index (κ1) is 13.2. The molecule has 2 aromatic rings. The summed E-state index contributed by atoms with van der Waals surface area (Å²) in [6, 6.07) is 2.15. The van der Waals surface area contributed by atoms with Crippen molar-refractivity contribution < 1.29 is 4.79 Å². The van der Waals surface area contributed by atoms with Gasteiger partial charge < -0.3 is 15.6 Å². The Morgan fingerprint density at radius 3 is 3.05 bits per heavy atom. The molecule has 2 aromatic heterocycles. The Balaban J connectivity index is 1.78. The topological polar surface area (TPSA) is 72.9 Å². The Morgan fingerprint density at radius 1 is 1.65 bits per heavy atom. The van der Waals surface area contributed by atoms with E-state index in [0.717, 1.165) is 24.3 Å². The zero-order valence-electron chi connectivity index (χ0n) is 11.4. The lowest BCUT2D eigenvalue weighted by Crippen LogP contribution is -2.29. The van der Waals surface area contributed by atoms with Crippen LogP contribution in [0.2, 0.25) is 0 Å². The number of carbonyl (C=O) groups excluding carboxylic acids is 1. The van der Waals surface area contributed by atoms with E-state index in [1.165, 1.54) is 0 Å². The fourth-order valence-electron chi connectivity index (χ4n) is 2.31. The Kier molecular flexibility index (Phi) is 3.48. The maximum absolute atomic E-state index is 12.5. The molecule has 0 aromatic carbocycles. The third kappa shape index (κ3) is 2.56. The monoisotopic (exact) mass is 290 g/mol. The molecule has 106 valence electrons. The summed E-state index contributed by atoms with van der Waals surface area (Å²) in [6.45, 7) is 2.04. The van der Waals surface area contributed by atoms with Crippen LogP contribution in [-0.4, -0.2) is 15.5 Å². The zero-order valence-corrected chi connectivity index (χ0v) is 12.2. The Morgan fingerprint density at radius 2 is 2.45 bits per heavy atom. The highest BCUT2D eigenvalue weighted by atomic mass is 32.1. The van der Waals surface area contributed by atoms with Crippen molar-refractivity contribution in [3.8, 4) is 0 Å². The predicted octanol–water partition coefficient (Wildman–Crippen LogP) is 2.74. The van der Waals surface area contributed by atoms with Gasteiger partial charge in [-0.1, -0.05) is 6.92 Å². The molecule has 0 saturated heterocycles. The maximum atomic E-state index is 12.5. The van der Waals surface area contributed by atoms with Crippen molar-refractivity contribution in [1.82, 2.24) is 14.9 Å². The van der Waals surface area contributed by atoms with Crippen molar-refractivity contribution in [2.24, 2.45) is 0 Å². The molecular formula is C14H18N4OS. The normalized spacial score (nSPS) is 16.1. The summed E-state index contributed by atoms with van der Waals surface area (Å²) in [7, 11) is 0. The average molecular weight is 290 g/mol. The predicted molar refractivity (Wildman–Crippen MR) is 79.7 cm³/mol. The van der Waals surface area contributed by atoms with E-state index in [2.05, 4.69) is 10.3 Å². The fourth-order valence-corrected chi connectivity index (χ4v) is 3.09. The molecular weight excluding hydrogens is 272 g/mol. The second-order valence-corrected chi connectivity index (χ2v) is 6.03. The molecule has 1 amide bonds. The maximum Gasteiger partial charge on any atom is 0.268 e. The van der Waals surface area contributed by atoms with E-state index in [0.29, 0.717) is 17.4 Å². The standard InChI is InChI=1S/C14H18N4OS/c1-2-11(14-16-5-6-20-14)17-13(19)12-7-9(15)8-18(12)10-3-4-10/h5-8,10-11H,2-4,15H2,1H3,(H,17,19). The molecule has 1 unspecified atom stereocenters. The van der Waals surface area contributed by atoms with E-state index >= 15 is 0 Å². The minimum absolute atomic E-state index is 0.0359. The van der Waals surface area contributed by atoms with Crippen LogP contribution in [-0.2, 0) is 0 Å². The second-order valence-electron chi connectivity index (χ2n) is 5.10. The van der Waals surface area contributed by atoms with Crippen LogP contribution in [0.3, 0.4) is 0 Å². The number of rotatable bonds is 5. The van der Waals surface area contributed by atoms with Gasteiger partial charge in [0.25, 0.3) is 5.91 Å². The van der Waals surface area contributed by atoms with Crippen LogP contribution in [0.1, 0.15) is 53.8 Å². The largest absolute Gasteiger partial charge is 0.397 e. The summed E-state index contributed by atoms with van der Waals surface area (Å²) in [5.74, 6) is -0.0735. The molecule has 2 heterocycles. The molecule has 1 fully saturated rings. The minimum atomic E-state index is -0.0735. The van der Waals surface area contributed by atoms with Gasteiger partial charge in [-0.3, -0.25) is 4.79 Å². The van der Waals surface area contributed by atoms with Gasteiger partial charge in [-0.2, -0.15) is 0 Å². The number of anilines is 1. The fraction of sp³-hybridized carbons (Fsp3) is 0.429. The molecule has 5 nitrogen and oxygen atoms in total. The summed E-state index contributed by atoms with van der Waals surface area (Å²) < 4.78 is 2.00. The molecule has 0 radical (unpaired) electrons. The van der Waals surface area contributed by atoms with E-state index in [-0.39, 0.29) is 11.9 Å². The first-order valence-electron chi connectivity index (χ1n) is 6.86. The zero-order chi connectivity index (χ0) is 14.1. The van der Waals surface area contributed by atoms with Gasteiger partial charge in [0.15, 0.2) is 0 Å². The van der Waals surface area contributed by atoms with Crippen molar-refractivity contribution in [2.45, 2.75) is 38.3 Å². The molecule has 6 heteroatoms. The van der Waals surface area contributed by atoms with Crippen molar-refractivity contribution >= 4 is 22.9 Å². The van der Waals surface area contributed by atoms with Crippen LogP contribution in [0, 0.1) is 0 Å². The summed E-state index contributed by atoms with van der Waals surface area (Å²) in [6.07, 6.45) is 6.69. The van der Waals surface area contributed by atoms with Crippen molar-refractivity contribution in [3.63, 3.8) is 0 Å². The number of hydrogen-bond donors (Lipinski definition) is 2. The van der Waals surface area contributed by atoms with Gasteiger partial charge >= 0.3 is 0 Å².